The van der Waals surface area contributed by atoms with Gasteiger partial charge in [0.15, 0.2) is 0 Å². The molecular weight excluding hydrogens is 452 g/mol. The fraction of sp³-hybridized carbons (Fsp3) is 0.273. The molecule has 3 aromatic rings. The maximum absolute atomic E-state index is 13.0. The summed E-state index contributed by atoms with van der Waals surface area (Å²) in [6, 6.07) is 15.8. The summed E-state index contributed by atoms with van der Waals surface area (Å²) in [5.74, 6) is 0.0888. The summed E-state index contributed by atoms with van der Waals surface area (Å²) in [6.45, 7) is 4.59. The van der Waals surface area contributed by atoms with Gasteiger partial charge in [0, 0.05) is 49.5 Å². The minimum atomic E-state index is 0.0888. The van der Waals surface area contributed by atoms with Crippen molar-refractivity contribution in [2.75, 3.05) is 26.2 Å². The quantitative estimate of drug-likeness (QED) is 0.555. The third-order valence-corrected chi connectivity index (χ3v) is 5.91. The van der Waals surface area contributed by atoms with Crippen molar-refractivity contribution in [2.45, 2.75) is 13.1 Å². The van der Waals surface area contributed by atoms with Crippen molar-refractivity contribution in [1.29, 1.82) is 0 Å². The topological polar surface area (TPSA) is 41.4 Å². The molecular formula is C22H22BrClN4O. The van der Waals surface area contributed by atoms with Gasteiger partial charge >= 0.3 is 0 Å². The Balaban J connectivity index is 1.36. The van der Waals surface area contributed by atoms with E-state index in [2.05, 4.69) is 32.0 Å². The number of amides is 1. The van der Waals surface area contributed by atoms with Gasteiger partial charge in [-0.05, 0) is 45.3 Å². The second kappa shape index (κ2) is 9.11. The van der Waals surface area contributed by atoms with Gasteiger partial charge < -0.3 is 4.90 Å². The molecule has 1 amide bonds. The highest BCUT2D eigenvalue weighted by Gasteiger charge is 2.22. The number of nitrogens with zero attached hydrogens (tertiary/aromatic N) is 4. The molecule has 0 saturated carbocycles. The number of piperazine rings is 1. The maximum Gasteiger partial charge on any atom is 0.253 e. The molecule has 7 heteroatoms. The number of hydrogen-bond donors (Lipinski definition) is 0. The van der Waals surface area contributed by atoms with Crippen LogP contribution in [-0.2, 0) is 13.1 Å². The van der Waals surface area contributed by atoms with Gasteiger partial charge in [-0.15, -0.1) is 0 Å². The van der Waals surface area contributed by atoms with E-state index in [1.54, 1.807) is 6.20 Å². The Labute approximate surface area is 184 Å². The number of aromatic nitrogens is 2. The molecule has 4 rings (SSSR count). The number of halogens is 2. The van der Waals surface area contributed by atoms with Crippen LogP contribution in [0.5, 0.6) is 0 Å². The molecule has 2 heterocycles. The van der Waals surface area contributed by atoms with Crippen LogP contribution in [0.15, 0.2) is 65.4 Å². The van der Waals surface area contributed by atoms with Crippen LogP contribution in [-0.4, -0.2) is 51.7 Å². The molecule has 0 bridgehead atoms. The zero-order valence-corrected chi connectivity index (χ0v) is 18.3. The third kappa shape index (κ3) is 5.07. The van der Waals surface area contributed by atoms with E-state index < -0.39 is 0 Å². The van der Waals surface area contributed by atoms with E-state index in [0.29, 0.717) is 6.54 Å². The van der Waals surface area contributed by atoms with Crippen LogP contribution in [0, 0.1) is 0 Å². The van der Waals surface area contributed by atoms with Gasteiger partial charge in [-0.25, -0.2) is 0 Å². The van der Waals surface area contributed by atoms with Crippen LogP contribution in [0.4, 0.5) is 0 Å². The third-order valence-electron chi connectivity index (χ3n) is 5.13. The summed E-state index contributed by atoms with van der Waals surface area (Å²) in [4.78, 5) is 17.3. The molecule has 1 aliphatic heterocycles. The summed E-state index contributed by atoms with van der Waals surface area (Å²) in [5.41, 5.74) is 2.92. The molecule has 1 aliphatic rings. The van der Waals surface area contributed by atoms with Crippen molar-refractivity contribution in [3.63, 3.8) is 0 Å². The van der Waals surface area contributed by atoms with Gasteiger partial charge in [-0.1, -0.05) is 41.9 Å². The summed E-state index contributed by atoms with van der Waals surface area (Å²) >= 11 is 9.69. The van der Waals surface area contributed by atoms with Gasteiger partial charge in [0.1, 0.15) is 0 Å². The molecule has 0 unspecified atom stereocenters. The lowest BCUT2D eigenvalue weighted by Crippen LogP contribution is -2.48. The van der Waals surface area contributed by atoms with E-state index in [0.717, 1.165) is 58.9 Å². The molecule has 0 atom stereocenters. The fourth-order valence-corrected chi connectivity index (χ4v) is 4.10. The molecule has 29 heavy (non-hydrogen) atoms. The number of carbonyl (C=O) groups excluding carboxylic acids is 1. The molecule has 0 N–H and O–H groups in total. The van der Waals surface area contributed by atoms with Crippen LogP contribution >= 0.6 is 27.5 Å². The first kappa shape index (κ1) is 20.1. The smallest absolute Gasteiger partial charge is 0.253 e. The van der Waals surface area contributed by atoms with Gasteiger partial charge in [0.25, 0.3) is 5.91 Å². The molecule has 0 spiro atoms. The lowest BCUT2D eigenvalue weighted by molar-refractivity contribution is 0.0628. The summed E-state index contributed by atoms with van der Waals surface area (Å²) in [6.07, 6.45) is 3.68. The summed E-state index contributed by atoms with van der Waals surface area (Å²) in [7, 11) is 0. The first-order valence-electron chi connectivity index (χ1n) is 9.60. The van der Waals surface area contributed by atoms with Crippen molar-refractivity contribution in [3.05, 3.63) is 87.1 Å². The van der Waals surface area contributed by atoms with E-state index in [9.17, 15) is 4.79 Å². The van der Waals surface area contributed by atoms with Crippen LogP contribution in [0.25, 0.3) is 0 Å². The van der Waals surface area contributed by atoms with E-state index >= 15 is 0 Å². The summed E-state index contributed by atoms with van der Waals surface area (Å²) in [5, 5.41) is 5.08. The van der Waals surface area contributed by atoms with Crippen molar-refractivity contribution < 1.29 is 4.79 Å². The Morgan fingerprint density at radius 2 is 1.83 bits per heavy atom. The Bertz CT molecular complexity index is 998. The van der Waals surface area contributed by atoms with E-state index in [1.807, 2.05) is 58.2 Å². The van der Waals surface area contributed by atoms with Gasteiger partial charge in [0.05, 0.1) is 17.2 Å². The average Bonchev–Trinajstić information content (AvgIpc) is 3.14. The van der Waals surface area contributed by atoms with Crippen LogP contribution in [0.3, 0.4) is 0 Å². The van der Waals surface area contributed by atoms with E-state index in [-0.39, 0.29) is 5.91 Å². The maximum atomic E-state index is 13.0. The standard InChI is InChI=1S/C22H22BrClN4O/c23-20-13-25-28(16-20)14-17-4-3-6-18(12-17)22(29)27-10-8-26(9-11-27)15-19-5-1-2-7-21(19)24/h1-7,12-13,16H,8-11,14-15H2. The van der Waals surface area contributed by atoms with Crippen molar-refractivity contribution >= 4 is 33.4 Å². The lowest BCUT2D eigenvalue weighted by atomic mass is 10.1. The Hall–Kier alpha value is -2.15. The lowest BCUT2D eigenvalue weighted by Gasteiger charge is -2.35. The number of rotatable bonds is 5. The van der Waals surface area contributed by atoms with Crippen LogP contribution < -0.4 is 0 Å². The highest BCUT2D eigenvalue weighted by atomic mass is 79.9. The predicted octanol–water partition coefficient (Wildman–Crippen LogP) is 4.31. The molecule has 1 fully saturated rings. The van der Waals surface area contributed by atoms with E-state index in [1.165, 1.54) is 0 Å². The van der Waals surface area contributed by atoms with Gasteiger partial charge in [-0.2, -0.15) is 5.10 Å². The first-order valence-corrected chi connectivity index (χ1v) is 10.8. The largest absolute Gasteiger partial charge is 0.336 e. The van der Waals surface area contributed by atoms with E-state index in [4.69, 9.17) is 11.6 Å². The van der Waals surface area contributed by atoms with Crippen LogP contribution in [0.2, 0.25) is 5.02 Å². The highest BCUT2D eigenvalue weighted by Crippen LogP contribution is 2.19. The van der Waals surface area contributed by atoms with Crippen molar-refractivity contribution in [1.82, 2.24) is 19.6 Å². The van der Waals surface area contributed by atoms with Crippen LogP contribution in [0.1, 0.15) is 21.5 Å². The number of carbonyl (C=O) groups is 1. The van der Waals surface area contributed by atoms with Gasteiger partial charge in [0.2, 0.25) is 0 Å². The minimum absolute atomic E-state index is 0.0888. The molecule has 1 saturated heterocycles. The van der Waals surface area contributed by atoms with Gasteiger partial charge in [-0.3, -0.25) is 14.4 Å². The van der Waals surface area contributed by atoms with Crippen molar-refractivity contribution in [2.24, 2.45) is 0 Å². The SMILES string of the molecule is O=C(c1cccc(Cn2cc(Br)cn2)c1)N1CCN(Cc2ccccc2Cl)CC1. The highest BCUT2D eigenvalue weighted by molar-refractivity contribution is 9.10. The molecule has 150 valence electrons. The molecule has 5 nitrogen and oxygen atoms in total. The monoisotopic (exact) mass is 472 g/mol. The number of hydrogen-bond acceptors (Lipinski definition) is 3. The fourth-order valence-electron chi connectivity index (χ4n) is 3.57. The normalized spacial score (nSPS) is 14.9. The summed E-state index contributed by atoms with van der Waals surface area (Å²) < 4.78 is 2.79. The average molecular weight is 474 g/mol. The molecule has 0 radical (unpaired) electrons. The Kier molecular flexibility index (Phi) is 6.33. The van der Waals surface area contributed by atoms with Crippen molar-refractivity contribution in [3.8, 4) is 0 Å². The zero-order chi connectivity index (χ0) is 20.2. The number of benzene rings is 2. The Morgan fingerprint density at radius 1 is 1.03 bits per heavy atom. The second-order valence-corrected chi connectivity index (χ2v) is 8.54. The first-order chi connectivity index (χ1) is 14.1. The molecule has 2 aromatic carbocycles. The minimum Gasteiger partial charge on any atom is -0.336 e. The Morgan fingerprint density at radius 3 is 2.55 bits per heavy atom. The predicted molar refractivity (Wildman–Crippen MR) is 118 cm³/mol. The zero-order valence-electron chi connectivity index (χ0n) is 16.0. The molecule has 1 aromatic heterocycles. The second-order valence-electron chi connectivity index (χ2n) is 7.22. The molecule has 0 aliphatic carbocycles.